The van der Waals surface area contributed by atoms with Crippen LogP contribution in [0.3, 0.4) is 0 Å². The Morgan fingerprint density at radius 1 is 1.12 bits per heavy atom. The molecule has 0 atom stereocenters. The molecule has 4 aromatic rings. The van der Waals surface area contributed by atoms with Crippen molar-refractivity contribution < 1.29 is 4.74 Å². The summed E-state index contributed by atoms with van der Waals surface area (Å²) in [6, 6.07) is 12.6. The van der Waals surface area contributed by atoms with Gasteiger partial charge >= 0.3 is 0 Å². The van der Waals surface area contributed by atoms with Crippen LogP contribution in [-0.4, -0.2) is 63.4 Å². The molecule has 1 aliphatic rings. The molecule has 32 heavy (non-hydrogen) atoms. The second-order valence-corrected chi connectivity index (χ2v) is 8.62. The molecule has 0 spiro atoms. The molecular formula is C24H29ClN6O. The number of anilines is 1. The zero-order valence-corrected chi connectivity index (χ0v) is 19.2. The van der Waals surface area contributed by atoms with Gasteiger partial charge in [0.25, 0.3) is 0 Å². The normalized spacial score (nSPS) is 15.1. The van der Waals surface area contributed by atoms with Crippen molar-refractivity contribution in [2.24, 2.45) is 7.05 Å². The number of aryl methyl sites for hydroxylation is 1. The van der Waals surface area contributed by atoms with E-state index >= 15 is 0 Å². The van der Waals surface area contributed by atoms with Crippen molar-refractivity contribution in [1.82, 2.24) is 24.0 Å². The van der Waals surface area contributed by atoms with Gasteiger partial charge in [0.1, 0.15) is 0 Å². The molecule has 168 valence electrons. The smallest absolute Gasteiger partial charge is 0.204 e. The predicted molar refractivity (Wildman–Crippen MR) is 129 cm³/mol. The summed E-state index contributed by atoms with van der Waals surface area (Å²) >= 11 is 6.13. The molecule has 0 aliphatic carbocycles. The molecule has 2 aromatic carbocycles. The topological polar surface area (TPSA) is 60.1 Å². The number of ether oxygens (including phenoxy) is 1. The molecule has 0 amide bonds. The molecule has 1 aliphatic heterocycles. The molecular weight excluding hydrogens is 424 g/mol. The molecule has 1 saturated heterocycles. The zero-order valence-electron chi connectivity index (χ0n) is 18.4. The molecule has 0 unspecified atom stereocenters. The molecule has 2 aromatic heterocycles. The summed E-state index contributed by atoms with van der Waals surface area (Å²) in [5.74, 6) is 1.38. The molecule has 0 saturated carbocycles. The Labute approximate surface area is 192 Å². The summed E-state index contributed by atoms with van der Waals surface area (Å²) in [5, 5.41) is 3.59. The fourth-order valence-electron chi connectivity index (χ4n) is 4.39. The Morgan fingerprint density at radius 3 is 2.84 bits per heavy atom. The number of para-hydroxylation sites is 1. The maximum Gasteiger partial charge on any atom is 0.204 e. The lowest BCUT2D eigenvalue weighted by atomic mass is 10.1. The van der Waals surface area contributed by atoms with Gasteiger partial charge in [0.05, 0.1) is 48.2 Å². The third-order valence-corrected chi connectivity index (χ3v) is 6.48. The van der Waals surface area contributed by atoms with E-state index in [0.717, 1.165) is 79.4 Å². The van der Waals surface area contributed by atoms with Crippen molar-refractivity contribution in [1.29, 1.82) is 0 Å². The highest BCUT2D eigenvalue weighted by Crippen LogP contribution is 2.25. The number of nitrogens with zero attached hydrogens (tertiary/aromatic N) is 5. The van der Waals surface area contributed by atoms with E-state index in [1.807, 2.05) is 19.4 Å². The Morgan fingerprint density at radius 2 is 2.00 bits per heavy atom. The Balaban J connectivity index is 1.41. The number of imidazole rings is 2. The quantitative estimate of drug-likeness (QED) is 0.325. The summed E-state index contributed by atoms with van der Waals surface area (Å²) in [6.07, 6.45) is 2.93. The van der Waals surface area contributed by atoms with Crippen molar-refractivity contribution in [3.63, 3.8) is 0 Å². The van der Waals surface area contributed by atoms with E-state index in [1.54, 1.807) is 0 Å². The van der Waals surface area contributed by atoms with Crippen LogP contribution in [0.5, 0.6) is 0 Å². The van der Waals surface area contributed by atoms with E-state index in [-0.39, 0.29) is 0 Å². The van der Waals surface area contributed by atoms with Crippen LogP contribution in [0.2, 0.25) is 0 Å². The first kappa shape index (κ1) is 21.2. The maximum atomic E-state index is 6.13. The summed E-state index contributed by atoms with van der Waals surface area (Å²) < 4.78 is 9.76. The second-order valence-electron chi connectivity index (χ2n) is 8.35. The van der Waals surface area contributed by atoms with E-state index < -0.39 is 0 Å². The van der Waals surface area contributed by atoms with Crippen molar-refractivity contribution in [3.8, 4) is 0 Å². The van der Waals surface area contributed by atoms with E-state index in [9.17, 15) is 0 Å². The number of rotatable bonds is 8. The van der Waals surface area contributed by atoms with Crippen LogP contribution >= 0.6 is 11.6 Å². The molecule has 3 heterocycles. The number of nitrogens with one attached hydrogen (secondary N) is 1. The summed E-state index contributed by atoms with van der Waals surface area (Å²) in [4.78, 5) is 12.0. The van der Waals surface area contributed by atoms with Crippen molar-refractivity contribution in [3.05, 3.63) is 53.9 Å². The lowest BCUT2D eigenvalue weighted by Gasteiger charge is -2.26. The van der Waals surface area contributed by atoms with Gasteiger partial charge in [0.15, 0.2) is 0 Å². The molecule has 8 heteroatoms. The third-order valence-electron chi connectivity index (χ3n) is 6.17. The summed E-state index contributed by atoms with van der Waals surface area (Å²) in [7, 11) is 2.03. The molecule has 7 nitrogen and oxygen atoms in total. The molecule has 0 radical (unpaired) electrons. The average Bonchev–Trinajstić information content (AvgIpc) is 3.38. The molecule has 1 N–H and O–H groups in total. The monoisotopic (exact) mass is 452 g/mol. The first-order valence-electron chi connectivity index (χ1n) is 11.2. The molecule has 1 fully saturated rings. The fourth-order valence-corrected chi connectivity index (χ4v) is 4.56. The van der Waals surface area contributed by atoms with Crippen LogP contribution in [0, 0.1) is 0 Å². The minimum atomic E-state index is 0.485. The average molecular weight is 453 g/mol. The number of benzene rings is 2. The van der Waals surface area contributed by atoms with Gasteiger partial charge in [-0.25, -0.2) is 9.97 Å². The van der Waals surface area contributed by atoms with E-state index in [1.165, 1.54) is 5.56 Å². The van der Waals surface area contributed by atoms with Gasteiger partial charge in [-0.3, -0.25) is 4.90 Å². The Kier molecular flexibility index (Phi) is 6.30. The summed E-state index contributed by atoms with van der Waals surface area (Å²) in [6.45, 7) is 6.36. The van der Waals surface area contributed by atoms with Gasteiger partial charge in [0, 0.05) is 32.6 Å². The fraction of sp³-hybridized carbons (Fsp3) is 0.417. The first-order chi connectivity index (χ1) is 15.7. The number of fused-ring (bicyclic) bond motifs is 2. The zero-order chi connectivity index (χ0) is 21.9. The third kappa shape index (κ3) is 4.33. The largest absolute Gasteiger partial charge is 0.379 e. The van der Waals surface area contributed by atoms with Crippen molar-refractivity contribution >= 4 is 39.6 Å². The van der Waals surface area contributed by atoms with Gasteiger partial charge in [-0.2, -0.15) is 0 Å². The van der Waals surface area contributed by atoms with Gasteiger partial charge in [0.2, 0.25) is 5.95 Å². The lowest BCUT2D eigenvalue weighted by Crippen LogP contribution is -2.37. The highest BCUT2D eigenvalue weighted by molar-refractivity contribution is 6.17. The van der Waals surface area contributed by atoms with Crippen LogP contribution in [0.4, 0.5) is 5.95 Å². The first-order valence-corrected chi connectivity index (χ1v) is 11.7. The van der Waals surface area contributed by atoms with E-state index in [4.69, 9.17) is 21.3 Å². The van der Waals surface area contributed by atoms with E-state index in [0.29, 0.717) is 12.4 Å². The van der Waals surface area contributed by atoms with Crippen LogP contribution in [0.25, 0.3) is 22.1 Å². The van der Waals surface area contributed by atoms with Crippen LogP contribution in [0.1, 0.15) is 17.5 Å². The maximum absolute atomic E-state index is 6.13. The molecule has 0 bridgehead atoms. The van der Waals surface area contributed by atoms with Gasteiger partial charge in [-0.15, -0.1) is 11.6 Å². The highest BCUT2D eigenvalue weighted by Gasteiger charge is 2.15. The van der Waals surface area contributed by atoms with Crippen LogP contribution < -0.4 is 5.32 Å². The minimum Gasteiger partial charge on any atom is -0.379 e. The van der Waals surface area contributed by atoms with Crippen LogP contribution in [0.15, 0.2) is 42.7 Å². The number of halogens is 1. The Bertz CT molecular complexity index is 1210. The standard InChI is InChI=1S/C24H29ClN6O/c1-29-17-27-23-19(4-2-5-21(23)29)16-31-22-14-18(15-25)6-7-20(22)28-24(31)26-8-3-9-30-10-12-32-13-11-30/h2,4-7,14,17H,3,8-13,15-16H2,1H3,(H,26,28). The van der Waals surface area contributed by atoms with Crippen LogP contribution in [-0.2, 0) is 24.2 Å². The Hall–Kier alpha value is -2.61. The van der Waals surface area contributed by atoms with E-state index in [2.05, 4.69) is 54.7 Å². The number of alkyl halides is 1. The lowest BCUT2D eigenvalue weighted by molar-refractivity contribution is 0.0378. The number of hydrogen-bond acceptors (Lipinski definition) is 5. The SMILES string of the molecule is Cn1cnc2c(Cn3c(NCCCN4CCOCC4)nc4ccc(CCl)cc43)cccc21. The minimum absolute atomic E-state index is 0.485. The van der Waals surface area contributed by atoms with Crippen molar-refractivity contribution in [2.45, 2.75) is 18.8 Å². The van der Waals surface area contributed by atoms with Crippen molar-refractivity contribution in [2.75, 3.05) is 44.7 Å². The number of hydrogen-bond donors (Lipinski definition) is 1. The van der Waals surface area contributed by atoms with Gasteiger partial charge in [-0.05, 0) is 42.3 Å². The predicted octanol–water partition coefficient (Wildman–Crippen LogP) is 3.84. The second kappa shape index (κ2) is 9.48. The summed E-state index contributed by atoms with van der Waals surface area (Å²) in [5.41, 5.74) is 6.50. The molecule has 5 rings (SSSR count). The number of aromatic nitrogens is 4. The van der Waals surface area contributed by atoms with Gasteiger partial charge < -0.3 is 19.2 Å². The number of morpholine rings is 1. The highest BCUT2D eigenvalue weighted by atomic mass is 35.5. The van der Waals surface area contributed by atoms with Gasteiger partial charge in [-0.1, -0.05) is 18.2 Å².